The Hall–Kier alpha value is -6.98. The van der Waals surface area contributed by atoms with Gasteiger partial charge in [0, 0.05) is 61.0 Å². The van der Waals surface area contributed by atoms with Crippen molar-refractivity contribution in [3.63, 3.8) is 0 Å². The molecule has 0 spiro atoms. The van der Waals surface area contributed by atoms with Gasteiger partial charge in [-0.1, -0.05) is 109 Å². The fourth-order valence-electron chi connectivity index (χ4n) is 9.81. The number of hydrogen-bond donors (Lipinski definition) is 0. The van der Waals surface area contributed by atoms with Crippen LogP contribution in [-0.2, 0) is 0 Å². The number of benzene rings is 8. The van der Waals surface area contributed by atoms with E-state index >= 15 is 0 Å². The molecule has 4 nitrogen and oxygen atoms in total. The van der Waals surface area contributed by atoms with Gasteiger partial charge in [0.05, 0.1) is 27.8 Å². The van der Waals surface area contributed by atoms with Crippen LogP contribution in [-0.4, -0.2) is 16.0 Å². The van der Waals surface area contributed by atoms with E-state index in [0.29, 0.717) is 0 Å². The predicted octanol–water partition coefficient (Wildman–Crippen LogP) is 11.0. The molecule has 3 aromatic heterocycles. The van der Waals surface area contributed by atoms with Crippen molar-refractivity contribution in [3.05, 3.63) is 170 Å². The fourth-order valence-corrected chi connectivity index (χ4v) is 9.81. The van der Waals surface area contributed by atoms with Crippen LogP contribution < -0.4 is 15.7 Å². The molecule has 0 bridgehead atoms. The SMILES string of the molecule is c1ccc(N2B3c4ccccc4-n4c5ccccc5c5c(-n6c7ccccc7c7ccccc76)cc(c3c54)-c3cc4c(cc32)oc2ccccc24)cc1. The van der Waals surface area contributed by atoms with Crippen molar-refractivity contribution in [2.75, 3.05) is 4.81 Å². The molecular weight excluding hydrogens is 645 g/mol. The Morgan fingerprint density at radius 2 is 1.04 bits per heavy atom. The van der Waals surface area contributed by atoms with E-state index in [1.807, 2.05) is 0 Å². The summed E-state index contributed by atoms with van der Waals surface area (Å²) in [5.74, 6) is 0. The molecular formula is C48H28BN3O. The standard InChI is InChI=1S/C48H28BN3O/c1-2-14-29(15-3-1)52-42-28-45-35(32-18-7-13-25-44(32)53-45)26-34(42)36-27-43(50-38-21-9-4-16-30(38)31-17-5-10-22-39(31)50)46-33-19-6-11-23-40(33)51-41-24-12-8-20-37(41)49(52)47(36)48(46)51/h1-28H. The first-order chi connectivity index (χ1) is 26.3. The van der Waals surface area contributed by atoms with Crippen LogP contribution in [0.15, 0.2) is 174 Å². The van der Waals surface area contributed by atoms with Crippen LogP contribution in [0, 0.1) is 0 Å². The van der Waals surface area contributed by atoms with Crippen molar-refractivity contribution in [2.45, 2.75) is 0 Å². The fraction of sp³-hybridized carbons (Fsp3) is 0. The lowest BCUT2D eigenvalue weighted by atomic mass is 9.44. The number of anilines is 2. The first kappa shape index (κ1) is 27.7. The molecule has 0 amide bonds. The highest BCUT2D eigenvalue weighted by molar-refractivity contribution is 6.93. The molecule has 0 radical (unpaired) electrons. The summed E-state index contributed by atoms with van der Waals surface area (Å²) in [4.78, 5) is 2.56. The smallest absolute Gasteiger partial charge is 0.333 e. The lowest BCUT2D eigenvalue weighted by Crippen LogP contribution is -2.60. The quantitative estimate of drug-likeness (QED) is 0.171. The van der Waals surface area contributed by atoms with E-state index in [9.17, 15) is 0 Å². The van der Waals surface area contributed by atoms with Crippen molar-refractivity contribution < 1.29 is 4.42 Å². The molecule has 0 aliphatic carbocycles. The largest absolute Gasteiger partial charge is 0.456 e. The van der Waals surface area contributed by atoms with Crippen molar-refractivity contribution in [1.82, 2.24) is 9.13 Å². The Kier molecular flexibility index (Phi) is 5.16. The Balaban J connectivity index is 1.29. The molecule has 8 aromatic carbocycles. The molecule has 0 saturated carbocycles. The van der Waals surface area contributed by atoms with E-state index in [0.717, 1.165) is 33.3 Å². The Morgan fingerprint density at radius 1 is 0.415 bits per heavy atom. The monoisotopic (exact) mass is 673 g/mol. The van der Waals surface area contributed by atoms with Gasteiger partial charge in [0.15, 0.2) is 0 Å². The minimum Gasteiger partial charge on any atom is -0.456 e. The Bertz CT molecular complexity index is 3320. The molecule has 0 saturated heterocycles. The molecule has 0 N–H and O–H groups in total. The lowest BCUT2D eigenvalue weighted by molar-refractivity contribution is 0.669. The summed E-state index contributed by atoms with van der Waals surface area (Å²) in [6.07, 6.45) is 0. The Labute approximate surface area is 304 Å². The van der Waals surface area contributed by atoms with E-state index in [1.54, 1.807) is 0 Å². The van der Waals surface area contributed by atoms with E-state index < -0.39 is 0 Å². The predicted molar refractivity (Wildman–Crippen MR) is 221 cm³/mol. The number of furan rings is 1. The minimum absolute atomic E-state index is 0.0653. The summed E-state index contributed by atoms with van der Waals surface area (Å²) in [6.45, 7) is -0.0653. The van der Waals surface area contributed by atoms with Gasteiger partial charge in [-0.3, -0.25) is 0 Å². The second-order valence-corrected chi connectivity index (χ2v) is 14.4. The van der Waals surface area contributed by atoms with Crippen LogP contribution in [0.3, 0.4) is 0 Å². The number of hydrogen-bond acceptors (Lipinski definition) is 2. The maximum atomic E-state index is 6.60. The molecule has 0 atom stereocenters. The summed E-state index contributed by atoms with van der Waals surface area (Å²) < 4.78 is 11.7. The summed E-state index contributed by atoms with van der Waals surface area (Å²) in [6, 6.07) is 62.2. The zero-order chi connectivity index (χ0) is 34.4. The van der Waals surface area contributed by atoms with Gasteiger partial charge in [0.25, 0.3) is 0 Å². The van der Waals surface area contributed by atoms with E-state index in [-0.39, 0.29) is 6.85 Å². The van der Waals surface area contributed by atoms with Gasteiger partial charge in [-0.25, -0.2) is 0 Å². The van der Waals surface area contributed by atoms with Crippen LogP contribution in [0.5, 0.6) is 0 Å². The maximum Gasteiger partial charge on any atom is 0.333 e. The molecule has 13 rings (SSSR count). The van der Waals surface area contributed by atoms with Crippen molar-refractivity contribution in [2.24, 2.45) is 0 Å². The third-order valence-electron chi connectivity index (χ3n) is 11.9. The number of para-hydroxylation sites is 6. The molecule has 244 valence electrons. The second-order valence-electron chi connectivity index (χ2n) is 14.4. The first-order valence-electron chi connectivity index (χ1n) is 18.3. The molecule has 53 heavy (non-hydrogen) atoms. The van der Waals surface area contributed by atoms with E-state index in [1.165, 1.54) is 77.0 Å². The highest BCUT2D eigenvalue weighted by Crippen LogP contribution is 2.49. The van der Waals surface area contributed by atoms with Gasteiger partial charge in [-0.2, -0.15) is 0 Å². The van der Waals surface area contributed by atoms with Crippen LogP contribution in [0.4, 0.5) is 11.4 Å². The van der Waals surface area contributed by atoms with Crippen molar-refractivity contribution in [3.8, 4) is 22.5 Å². The molecule has 2 aliphatic rings. The number of rotatable bonds is 2. The van der Waals surface area contributed by atoms with Gasteiger partial charge in [0.2, 0.25) is 0 Å². The van der Waals surface area contributed by atoms with Crippen molar-refractivity contribution in [1.29, 1.82) is 0 Å². The van der Waals surface area contributed by atoms with Gasteiger partial charge in [-0.05, 0) is 71.1 Å². The van der Waals surface area contributed by atoms with E-state index in [4.69, 9.17) is 4.42 Å². The average Bonchev–Trinajstić information content (AvgIpc) is 3.88. The van der Waals surface area contributed by atoms with Gasteiger partial charge in [0.1, 0.15) is 11.2 Å². The molecule has 0 unspecified atom stereocenters. The van der Waals surface area contributed by atoms with Gasteiger partial charge >= 0.3 is 6.85 Å². The van der Waals surface area contributed by atoms with Gasteiger partial charge < -0.3 is 18.4 Å². The molecule has 11 aromatic rings. The topological polar surface area (TPSA) is 26.2 Å². The first-order valence-corrected chi connectivity index (χ1v) is 18.3. The Morgan fingerprint density at radius 3 is 1.81 bits per heavy atom. The highest BCUT2D eigenvalue weighted by Gasteiger charge is 2.45. The zero-order valence-electron chi connectivity index (χ0n) is 28.5. The minimum atomic E-state index is -0.0653. The molecule has 5 heterocycles. The zero-order valence-corrected chi connectivity index (χ0v) is 28.5. The summed E-state index contributed by atoms with van der Waals surface area (Å²) in [7, 11) is 0. The van der Waals surface area contributed by atoms with Crippen molar-refractivity contribution >= 4 is 94.7 Å². The van der Waals surface area contributed by atoms with Gasteiger partial charge in [-0.15, -0.1) is 0 Å². The summed E-state index contributed by atoms with van der Waals surface area (Å²) in [5, 5.41) is 7.32. The normalized spacial score (nSPS) is 13.2. The lowest BCUT2D eigenvalue weighted by Gasteiger charge is -2.42. The average molecular weight is 674 g/mol. The number of aromatic nitrogens is 2. The maximum absolute atomic E-state index is 6.60. The molecule has 2 aliphatic heterocycles. The molecule has 5 heteroatoms. The van der Waals surface area contributed by atoms with E-state index in [2.05, 4.69) is 184 Å². The van der Waals surface area contributed by atoms with Crippen LogP contribution in [0.1, 0.15) is 0 Å². The molecule has 0 fully saturated rings. The van der Waals surface area contributed by atoms with Crippen LogP contribution in [0.25, 0.3) is 88.1 Å². The summed E-state index contributed by atoms with van der Waals surface area (Å²) in [5.41, 5.74) is 16.5. The number of nitrogens with zero attached hydrogens (tertiary/aromatic N) is 3. The summed E-state index contributed by atoms with van der Waals surface area (Å²) >= 11 is 0. The third-order valence-corrected chi connectivity index (χ3v) is 11.9. The number of fused-ring (bicyclic) bond motifs is 14. The highest BCUT2D eigenvalue weighted by atomic mass is 16.3. The van der Waals surface area contributed by atoms with Crippen LogP contribution in [0.2, 0.25) is 0 Å². The van der Waals surface area contributed by atoms with Crippen LogP contribution >= 0.6 is 0 Å². The second kappa shape index (κ2) is 9.87. The third kappa shape index (κ3) is 3.42.